The molecule has 0 aromatic carbocycles. The number of nitrogens with zero attached hydrogens (tertiary/aromatic N) is 2. The molecule has 2 heterocycles. The number of aromatic nitrogens is 2. The summed E-state index contributed by atoms with van der Waals surface area (Å²) < 4.78 is 7.04. The van der Waals surface area contributed by atoms with Crippen LogP contribution in [-0.4, -0.2) is 29.3 Å². The molecule has 2 rings (SSSR count). The molecule has 0 radical (unpaired) electrons. The van der Waals surface area contributed by atoms with Crippen LogP contribution in [0.25, 0.3) is 0 Å². The molecule has 1 aliphatic rings. The smallest absolute Gasteiger partial charge is 0.293 e. The van der Waals surface area contributed by atoms with E-state index in [9.17, 15) is 4.79 Å². The first-order chi connectivity index (χ1) is 8.98. The van der Waals surface area contributed by atoms with Gasteiger partial charge in [-0.2, -0.15) is 0 Å². The largest absolute Gasteiger partial charge is 0.381 e. The van der Waals surface area contributed by atoms with E-state index in [1.54, 1.807) is 17.0 Å². The number of hydrogen-bond donors (Lipinski definition) is 1. The SMILES string of the molecule is CC(C)(C)n1ccnc(NCC2CCOCC2)c1=O. The second kappa shape index (κ2) is 5.74. The van der Waals surface area contributed by atoms with Gasteiger partial charge in [0.2, 0.25) is 0 Å². The summed E-state index contributed by atoms with van der Waals surface area (Å²) in [4.78, 5) is 16.5. The molecule has 0 amide bonds. The van der Waals surface area contributed by atoms with Gasteiger partial charge in [-0.05, 0) is 39.5 Å². The Morgan fingerprint density at radius 3 is 2.74 bits per heavy atom. The standard InChI is InChI=1S/C14H23N3O2/c1-14(2,3)17-7-6-15-12(13(17)18)16-10-11-4-8-19-9-5-11/h6-7,11H,4-5,8-10H2,1-3H3,(H,15,16). The van der Waals surface area contributed by atoms with Crippen LogP contribution in [0.1, 0.15) is 33.6 Å². The summed E-state index contributed by atoms with van der Waals surface area (Å²) in [5, 5.41) is 3.20. The van der Waals surface area contributed by atoms with Crippen LogP contribution in [0.4, 0.5) is 5.82 Å². The molecule has 1 aliphatic heterocycles. The minimum Gasteiger partial charge on any atom is -0.381 e. The number of hydrogen-bond acceptors (Lipinski definition) is 4. The van der Waals surface area contributed by atoms with E-state index in [0.29, 0.717) is 11.7 Å². The predicted molar refractivity (Wildman–Crippen MR) is 75.5 cm³/mol. The zero-order valence-electron chi connectivity index (χ0n) is 12.0. The molecule has 1 N–H and O–H groups in total. The highest BCUT2D eigenvalue weighted by atomic mass is 16.5. The van der Waals surface area contributed by atoms with Crippen molar-refractivity contribution in [3.05, 3.63) is 22.7 Å². The normalized spacial score (nSPS) is 17.4. The summed E-state index contributed by atoms with van der Waals surface area (Å²) in [6.45, 7) is 8.46. The first-order valence-corrected chi connectivity index (χ1v) is 6.88. The highest BCUT2D eigenvalue weighted by molar-refractivity contribution is 5.31. The second-order valence-electron chi connectivity index (χ2n) is 6.06. The van der Waals surface area contributed by atoms with Crippen LogP contribution in [0.3, 0.4) is 0 Å². The predicted octanol–water partition coefficient (Wildman–Crippen LogP) is 1.84. The van der Waals surface area contributed by atoms with E-state index >= 15 is 0 Å². The summed E-state index contributed by atoms with van der Waals surface area (Å²) in [6, 6.07) is 0. The monoisotopic (exact) mass is 265 g/mol. The van der Waals surface area contributed by atoms with Gasteiger partial charge in [0.15, 0.2) is 5.82 Å². The van der Waals surface area contributed by atoms with E-state index < -0.39 is 0 Å². The maximum absolute atomic E-state index is 12.3. The van der Waals surface area contributed by atoms with Crippen LogP contribution in [0, 0.1) is 5.92 Å². The second-order valence-corrected chi connectivity index (χ2v) is 6.06. The van der Waals surface area contributed by atoms with Gasteiger partial charge < -0.3 is 14.6 Å². The first kappa shape index (κ1) is 14.1. The summed E-state index contributed by atoms with van der Waals surface area (Å²) >= 11 is 0. The molecule has 1 aromatic rings. The fourth-order valence-corrected chi connectivity index (χ4v) is 2.25. The van der Waals surface area contributed by atoms with Crippen molar-refractivity contribution in [2.24, 2.45) is 5.92 Å². The number of rotatable bonds is 3. The minimum atomic E-state index is -0.227. The van der Waals surface area contributed by atoms with E-state index in [4.69, 9.17) is 4.74 Å². The van der Waals surface area contributed by atoms with E-state index in [1.807, 2.05) is 20.8 Å². The van der Waals surface area contributed by atoms with Gasteiger partial charge in [0, 0.05) is 37.7 Å². The highest BCUT2D eigenvalue weighted by Crippen LogP contribution is 2.15. The molecule has 5 nitrogen and oxygen atoms in total. The highest BCUT2D eigenvalue weighted by Gasteiger charge is 2.18. The molecule has 0 bridgehead atoms. The molecular formula is C14H23N3O2. The summed E-state index contributed by atoms with van der Waals surface area (Å²) in [5.41, 5.74) is -0.281. The number of anilines is 1. The molecule has 106 valence electrons. The lowest BCUT2D eigenvalue weighted by molar-refractivity contribution is 0.0699. The Hall–Kier alpha value is -1.36. The zero-order chi connectivity index (χ0) is 13.9. The molecule has 19 heavy (non-hydrogen) atoms. The summed E-state index contributed by atoms with van der Waals surface area (Å²) in [6.07, 6.45) is 5.52. The van der Waals surface area contributed by atoms with Gasteiger partial charge >= 0.3 is 0 Å². The van der Waals surface area contributed by atoms with E-state index in [1.165, 1.54) is 0 Å². The molecule has 5 heteroatoms. The average Bonchev–Trinajstić information content (AvgIpc) is 2.37. The van der Waals surface area contributed by atoms with Gasteiger partial charge in [-0.15, -0.1) is 0 Å². The van der Waals surface area contributed by atoms with Crippen molar-refractivity contribution in [3.63, 3.8) is 0 Å². The van der Waals surface area contributed by atoms with Crippen LogP contribution in [0.5, 0.6) is 0 Å². The molecule has 0 unspecified atom stereocenters. The first-order valence-electron chi connectivity index (χ1n) is 6.88. The van der Waals surface area contributed by atoms with E-state index in [2.05, 4.69) is 10.3 Å². The van der Waals surface area contributed by atoms with Gasteiger partial charge in [-0.25, -0.2) is 4.98 Å². The van der Waals surface area contributed by atoms with E-state index in [0.717, 1.165) is 32.6 Å². The van der Waals surface area contributed by atoms with Crippen LogP contribution < -0.4 is 10.9 Å². The molecular weight excluding hydrogens is 242 g/mol. The Balaban J connectivity index is 2.06. The molecule has 1 fully saturated rings. The van der Waals surface area contributed by atoms with E-state index in [-0.39, 0.29) is 11.1 Å². The maximum atomic E-state index is 12.3. The molecule has 0 saturated carbocycles. The van der Waals surface area contributed by atoms with Crippen molar-refractivity contribution in [2.45, 2.75) is 39.2 Å². The van der Waals surface area contributed by atoms with Crippen LogP contribution >= 0.6 is 0 Å². The molecule has 0 spiro atoms. The number of ether oxygens (including phenoxy) is 1. The third-order valence-electron chi connectivity index (χ3n) is 3.46. The minimum absolute atomic E-state index is 0.0536. The lowest BCUT2D eigenvalue weighted by atomic mass is 10.0. The summed E-state index contributed by atoms with van der Waals surface area (Å²) in [7, 11) is 0. The van der Waals surface area contributed by atoms with Crippen LogP contribution in [0.15, 0.2) is 17.2 Å². The third-order valence-corrected chi connectivity index (χ3v) is 3.46. The molecule has 1 aromatic heterocycles. The number of nitrogens with one attached hydrogen (secondary N) is 1. The Kier molecular flexibility index (Phi) is 4.24. The zero-order valence-corrected chi connectivity index (χ0v) is 12.0. The molecule has 1 saturated heterocycles. The van der Waals surface area contributed by atoms with Gasteiger partial charge in [0.25, 0.3) is 5.56 Å². The van der Waals surface area contributed by atoms with Crippen molar-refractivity contribution in [1.29, 1.82) is 0 Å². The van der Waals surface area contributed by atoms with Crippen molar-refractivity contribution in [2.75, 3.05) is 25.1 Å². The van der Waals surface area contributed by atoms with Gasteiger partial charge in [-0.3, -0.25) is 4.79 Å². The fraction of sp³-hybridized carbons (Fsp3) is 0.714. The Morgan fingerprint density at radius 2 is 2.11 bits per heavy atom. The molecule has 0 atom stereocenters. The quantitative estimate of drug-likeness (QED) is 0.906. The van der Waals surface area contributed by atoms with Crippen LogP contribution in [-0.2, 0) is 10.3 Å². The lowest BCUT2D eigenvalue weighted by Gasteiger charge is -2.24. The van der Waals surface area contributed by atoms with Crippen molar-refractivity contribution in [3.8, 4) is 0 Å². The van der Waals surface area contributed by atoms with Gasteiger partial charge in [0.1, 0.15) is 0 Å². The Bertz CT molecular complexity index is 470. The summed E-state index contributed by atoms with van der Waals surface area (Å²) in [5.74, 6) is 1.02. The Labute approximate surface area is 114 Å². The van der Waals surface area contributed by atoms with Gasteiger partial charge in [0.05, 0.1) is 0 Å². The van der Waals surface area contributed by atoms with Gasteiger partial charge in [-0.1, -0.05) is 0 Å². The molecule has 0 aliphatic carbocycles. The van der Waals surface area contributed by atoms with Crippen molar-refractivity contribution >= 4 is 5.82 Å². The topological polar surface area (TPSA) is 56.1 Å². The lowest BCUT2D eigenvalue weighted by Crippen LogP contribution is -2.36. The van der Waals surface area contributed by atoms with Crippen LogP contribution in [0.2, 0.25) is 0 Å². The van der Waals surface area contributed by atoms with Crippen molar-refractivity contribution in [1.82, 2.24) is 9.55 Å². The Morgan fingerprint density at radius 1 is 1.42 bits per heavy atom. The maximum Gasteiger partial charge on any atom is 0.293 e. The van der Waals surface area contributed by atoms with Crippen molar-refractivity contribution < 1.29 is 4.74 Å². The fourth-order valence-electron chi connectivity index (χ4n) is 2.25. The third kappa shape index (κ3) is 3.56. The average molecular weight is 265 g/mol.